The van der Waals surface area contributed by atoms with Crippen LogP contribution in [0.4, 0.5) is 9.09 Å². The molecule has 26 valence electrons. The zero-order valence-electron chi connectivity index (χ0n) is 2.07. The SMILES string of the molecule is C=CF.F. The predicted octanol–water partition coefficient (Wildman–Crippen LogP) is 1.25. The maximum absolute atomic E-state index is 10.1. The van der Waals surface area contributed by atoms with E-state index in [-0.39, 0.29) is 11.0 Å². The molecular formula is C2H4F2. The summed E-state index contributed by atoms with van der Waals surface area (Å²) in [5.74, 6) is 0. The highest BCUT2D eigenvalue weighted by atomic mass is 19.1. The number of halogens is 2. The van der Waals surface area contributed by atoms with Gasteiger partial charge in [-0.1, -0.05) is 6.58 Å². The Hall–Kier alpha value is -0.400. The first-order valence-corrected chi connectivity index (χ1v) is 0.626. The molecule has 0 atom stereocenters. The summed E-state index contributed by atoms with van der Waals surface area (Å²) >= 11 is 0. The van der Waals surface area contributed by atoms with Crippen LogP contribution in [0.15, 0.2) is 12.9 Å². The molecule has 0 unspecified atom stereocenters. The summed E-state index contributed by atoms with van der Waals surface area (Å²) in [6, 6.07) is 0. The van der Waals surface area contributed by atoms with Gasteiger partial charge in [-0.15, -0.1) is 0 Å². The van der Waals surface area contributed by atoms with Gasteiger partial charge in [0.2, 0.25) is 0 Å². The second-order valence-electron chi connectivity index (χ2n) is 0.154. The quantitative estimate of drug-likeness (QED) is 0.399. The van der Waals surface area contributed by atoms with E-state index < -0.39 is 0 Å². The Morgan fingerprint density at radius 2 is 1.75 bits per heavy atom. The Balaban J connectivity index is 0. The summed E-state index contributed by atoms with van der Waals surface area (Å²) in [5, 5.41) is 0. The molecule has 0 bridgehead atoms. The standard InChI is InChI=1S/C2H3F.FH/c1-2-3;/h2H,1H2;1H. The van der Waals surface area contributed by atoms with E-state index in [9.17, 15) is 4.39 Å². The van der Waals surface area contributed by atoms with E-state index in [0.29, 0.717) is 0 Å². The lowest BCUT2D eigenvalue weighted by molar-refractivity contribution is 0.725. The number of rotatable bonds is 0. The van der Waals surface area contributed by atoms with Gasteiger partial charge in [0.25, 0.3) is 0 Å². The first-order chi connectivity index (χ1) is 1.41. The van der Waals surface area contributed by atoms with Gasteiger partial charge in [-0.05, 0) is 0 Å². The summed E-state index contributed by atoms with van der Waals surface area (Å²) in [6.45, 7) is 2.69. The van der Waals surface area contributed by atoms with Gasteiger partial charge in [0.1, 0.15) is 0 Å². The molecule has 0 saturated carbocycles. The van der Waals surface area contributed by atoms with Gasteiger partial charge in [0.05, 0.1) is 6.33 Å². The van der Waals surface area contributed by atoms with Crippen molar-refractivity contribution in [1.82, 2.24) is 0 Å². The molecule has 0 N–H and O–H groups in total. The van der Waals surface area contributed by atoms with E-state index in [1.807, 2.05) is 0 Å². The molecule has 2 heteroatoms. The molecule has 0 aromatic rings. The molecule has 4 heavy (non-hydrogen) atoms. The summed E-state index contributed by atoms with van der Waals surface area (Å²) in [5.41, 5.74) is 0. The van der Waals surface area contributed by atoms with Gasteiger partial charge < -0.3 is 0 Å². The van der Waals surface area contributed by atoms with Gasteiger partial charge in [-0.25, -0.2) is 4.39 Å². The fourth-order valence-corrected chi connectivity index (χ4v) is 0. The number of hydrogen-bond donors (Lipinski definition) is 0. The monoisotopic (exact) mass is 66.0 g/mol. The molecule has 0 spiro atoms. The zero-order chi connectivity index (χ0) is 2.71. The van der Waals surface area contributed by atoms with Crippen molar-refractivity contribution in [1.29, 1.82) is 0 Å². The second-order valence-corrected chi connectivity index (χ2v) is 0.154. The largest absolute Gasteiger partial charge is 0.269 e. The van der Waals surface area contributed by atoms with Crippen molar-refractivity contribution < 1.29 is 9.09 Å². The fraction of sp³-hybridized carbons (Fsp3) is 0. The molecule has 0 aromatic heterocycles. The average molecular weight is 66.0 g/mol. The van der Waals surface area contributed by atoms with Crippen LogP contribution >= 0.6 is 0 Å². The summed E-state index contributed by atoms with van der Waals surface area (Å²) in [4.78, 5) is 0. The average Bonchev–Trinajstić information content (AvgIpc) is 0.918. The van der Waals surface area contributed by atoms with E-state index >= 15 is 0 Å². The van der Waals surface area contributed by atoms with Crippen LogP contribution in [0.5, 0.6) is 0 Å². The van der Waals surface area contributed by atoms with Crippen molar-refractivity contribution in [3.63, 3.8) is 0 Å². The van der Waals surface area contributed by atoms with E-state index in [1.54, 1.807) is 0 Å². The Morgan fingerprint density at radius 1 is 1.75 bits per heavy atom. The van der Waals surface area contributed by atoms with Crippen molar-refractivity contribution in [2.45, 2.75) is 0 Å². The lowest BCUT2D eigenvalue weighted by Gasteiger charge is -1.28. The van der Waals surface area contributed by atoms with Crippen LogP contribution in [0, 0.1) is 0 Å². The molecule has 0 radical (unpaired) electrons. The highest BCUT2D eigenvalue weighted by molar-refractivity contribution is 4.39. The molecule has 0 aliphatic heterocycles. The molecule has 0 nitrogen and oxygen atoms in total. The Labute approximate surface area is 23.3 Å². The first-order valence-electron chi connectivity index (χ1n) is 0.626. The second kappa shape index (κ2) is 18.5. The van der Waals surface area contributed by atoms with Gasteiger partial charge in [0, 0.05) is 0 Å². The van der Waals surface area contributed by atoms with Crippen molar-refractivity contribution in [3.8, 4) is 0 Å². The van der Waals surface area contributed by atoms with E-state index in [0.717, 1.165) is 0 Å². The third-order valence-electron chi connectivity index (χ3n) is 0. The Kier molecular flexibility index (Phi) is 43.9. The van der Waals surface area contributed by atoms with Crippen LogP contribution in [0.2, 0.25) is 0 Å². The molecule has 0 saturated heterocycles. The zero-order valence-corrected chi connectivity index (χ0v) is 2.07. The molecule has 0 heterocycles. The molecular weight excluding hydrogens is 62.0 g/mol. The first kappa shape index (κ1) is 9.51. The van der Waals surface area contributed by atoms with Crippen LogP contribution in [-0.4, -0.2) is 0 Å². The maximum atomic E-state index is 10.1. The fourth-order valence-electron chi connectivity index (χ4n) is 0. The lowest BCUT2D eigenvalue weighted by atomic mass is 11.2. The smallest absolute Gasteiger partial charge is 0.0795 e. The summed E-state index contributed by atoms with van der Waals surface area (Å²) < 4.78 is 10.1. The normalized spacial score (nSPS) is 3.25. The van der Waals surface area contributed by atoms with Crippen molar-refractivity contribution >= 4 is 0 Å². The third-order valence-corrected chi connectivity index (χ3v) is 0. The maximum Gasteiger partial charge on any atom is 0.0795 e. The molecule has 0 amide bonds. The predicted molar refractivity (Wildman–Crippen MR) is 13.8 cm³/mol. The van der Waals surface area contributed by atoms with Crippen molar-refractivity contribution in [3.05, 3.63) is 12.9 Å². The highest BCUT2D eigenvalue weighted by Crippen LogP contribution is 1.48. The third kappa shape index (κ3) is 3.60. The van der Waals surface area contributed by atoms with Gasteiger partial charge in [-0.2, -0.15) is 0 Å². The topological polar surface area (TPSA) is 0 Å². The minimum Gasteiger partial charge on any atom is -0.269 e. The molecule has 0 aliphatic carbocycles. The Bertz CT molecular complexity index is 11.5. The van der Waals surface area contributed by atoms with E-state index in [4.69, 9.17) is 0 Å². The van der Waals surface area contributed by atoms with Crippen molar-refractivity contribution in [2.75, 3.05) is 0 Å². The van der Waals surface area contributed by atoms with Gasteiger partial charge in [-0.3, -0.25) is 4.70 Å². The van der Waals surface area contributed by atoms with E-state index in [2.05, 4.69) is 6.58 Å². The Morgan fingerprint density at radius 3 is 1.75 bits per heavy atom. The summed E-state index contributed by atoms with van der Waals surface area (Å²) in [6.07, 6.45) is 0.250. The van der Waals surface area contributed by atoms with Crippen LogP contribution in [0.1, 0.15) is 0 Å². The molecule has 0 aromatic carbocycles. The molecule has 0 aliphatic rings. The highest BCUT2D eigenvalue weighted by Gasteiger charge is 1.19. The number of hydrogen-bond acceptors (Lipinski definition) is 0. The van der Waals surface area contributed by atoms with Crippen LogP contribution in [0.3, 0.4) is 0 Å². The molecule has 0 fully saturated rings. The minimum absolute atomic E-state index is 0. The van der Waals surface area contributed by atoms with Crippen LogP contribution in [-0.2, 0) is 0 Å². The van der Waals surface area contributed by atoms with Crippen LogP contribution in [0.25, 0.3) is 0 Å². The van der Waals surface area contributed by atoms with E-state index in [1.165, 1.54) is 0 Å². The minimum atomic E-state index is 0. The van der Waals surface area contributed by atoms with Crippen molar-refractivity contribution in [2.24, 2.45) is 0 Å². The van der Waals surface area contributed by atoms with Crippen LogP contribution < -0.4 is 0 Å². The summed E-state index contributed by atoms with van der Waals surface area (Å²) in [7, 11) is 0. The molecule has 0 rings (SSSR count). The van der Waals surface area contributed by atoms with Gasteiger partial charge in [0.15, 0.2) is 0 Å². The van der Waals surface area contributed by atoms with Gasteiger partial charge >= 0.3 is 0 Å². The lowest BCUT2D eigenvalue weighted by Crippen LogP contribution is -0.990.